The van der Waals surface area contributed by atoms with E-state index in [2.05, 4.69) is 20.9 Å². The highest BCUT2D eigenvalue weighted by Gasteiger charge is 2.14. The van der Waals surface area contributed by atoms with E-state index in [0.717, 1.165) is 18.2 Å². The molecule has 1 aromatic carbocycles. The molecule has 2 rings (SSSR count). The maximum absolute atomic E-state index is 13.6. The van der Waals surface area contributed by atoms with E-state index in [9.17, 15) is 14.5 Å². The molecule has 0 fully saturated rings. The quantitative estimate of drug-likeness (QED) is 0.612. The smallest absolute Gasteiger partial charge is 0.272 e. The molecule has 5 nitrogen and oxygen atoms in total. The predicted octanol–water partition coefficient (Wildman–Crippen LogP) is 4.34. The molecule has 0 bridgehead atoms. The van der Waals surface area contributed by atoms with Crippen molar-refractivity contribution in [3.8, 4) is 11.6 Å². The Labute approximate surface area is 120 Å². The molecule has 0 atom stereocenters. The van der Waals surface area contributed by atoms with Gasteiger partial charge in [0, 0.05) is 12.3 Å². The van der Waals surface area contributed by atoms with Crippen LogP contribution in [0.15, 0.2) is 34.9 Å². The molecule has 0 amide bonds. The minimum atomic E-state index is -0.849. The van der Waals surface area contributed by atoms with Crippen LogP contribution in [0.4, 0.5) is 10.1 Å². The molecule has 0 radical (unpaired) electrons. The molecule has 8 heteroatoms. The summed E-state index contributed by atoms with van der Waals surface area (Å²) in [7, 11) is 0. The molecule has 2 aromatic rings. The topological polar surface area (TPSA) is 65.3 Å². The lowest BCUT2D eigenvalue weighted by Gasteiger charge is -2.07. The van der Waals surface area contributed by atoms with Crippen molar-refractivity contribution in [2.75, 3.05) is 0 Å². The van der Waals surface area contributed by atoms with Crippen LogP contribution in [-0.4, -0.2) is 9.91 Å². The van der Waals surface area contributed by atoms with Crippen LogP contribution in [0.5, 0.6) is 11.6 Å². The zero-order chi connectivity index (χ0) is 14.0. The van der Waals surface area contributed by atoms with Crippen molar-refractivity contribution in [2.24, 2.45) is 0 Å². The van der Waals surface area contributed by atoms with Crippen LogP contribution in [0.1, 0.15) is 0 Å². The average Bonchev–Trinajstić information content (AvgIpc) is 2.34. The number of halogens is 3. The van der Waals surface area contributed by atoms with Crippen molar-refractivity contribution in [2.45, 2.75) is 0 Å². The summed E-state index contributed by atoms with van der Waals surface area (Å²) in [5.41, 5.74) is -0.354. The Morgan fingerprint density at radius 3 is 2.74 bits per heavy atom. The van der Waals surface area contributed by atoms with Gasteiger partial charge in [-0.2, -0.15) is 0 Å². The van der Waals surface area contributed by atoms with Gasteiger partial charge in [-0.1, -0.05) is 11.6 Å². The lowest BCUT2D eigenvalue weighted by Crippen LogP contribution is -1.94. The minimum Gasteiger partial charge on any atom is -0.435 e. The van der Waals surface area contributed by atoms with Crippen molar-refractivity contribution in [3.63, 3.8) is 0 Å². The normalized spacial score (nSPS) is 10.3. The Balaban J connectivity index is 2.31. The first kappa shape index (κ1) is 13.7. The van der Waals surface area contributed by atoms with E-state index in [0.29, 0.717) is 9.50 Å². The van der Waals surface area contributed by atoms with Crippen LogP contribution in [-0.2, 0) is 0 Å². The predicted molar refractivity (Wildman–Crippen MR) is 70.1 cm³/mol. The fraction of sp³-hybridized carbons (Fsp3) is 0. The van der Waals surface area contributed by atoms with Crippen LogP contribution in [0.2, 0.25) is 5.02 Å². The summed E-state index contributed by atoms with van der Waals surface area (Å²) in [6, 6.07) is 4.62. The fourth-order valence-electron chi connectivity index (χ4n) is 1.27. The van der Waals surface area contributed by atoms with Crippen molar-refractivity contribution in [1.29, 1.82) is 0 Å². The molecular formula is C11H5BrClFN2O3. The second-order valence-electron chi connectivity index (χ2n) is 3.41. The third kappa shape index (κ3) is 3.18. The summed E-state index contributed by atoms with van der Waals surface area (Å²) in [5, 5.41) is 10.9. The van der Waals surface area contributed by atoms with E-state index in [-0.39, 0.29) is 17.3 Å². The van der Waals surface area contributed by atoms with Crippen molar-refractivity contribution < 1.29 is 14.1 Å². The average molecular weight is 348 g/mol. The fourth-order valence-corrected chi connectivity index (χ4v) is 1.99. The Bertz CT molecular complexity index is 654. The van der Waals surface area contributed by atoms with E-state index in [1.807, 2.05) is 0 Å². The van der Waals surface area contributed by atoms with Crippen LogP contribution >= 0.6 is 27.5 Å². The summed E-state index contributed by atoms with van der Waals surface area (Å²) in [4.78, 5) is 13.7. The number of nitrogens with zero attached hydrogens (tertiary/aromatic N) is 2. The van der Waals surface area contributed by atoms with E-state index in [1.165, 1.54) is 12.3 Å². The van der Waals surface area contributed by atoms with Crippen molar-refractivity contribution >= 4 is 33.2 Å². The van der Waals surface area contributed by atoms with E-state index < -0.39 is 10.7 Å². The lowest BCUT2D eigenvalue weighted by atomic mass is 10.3. The van der Waals surface area contributed by atoms with Gasteiger partial charge < -0.3 is 4.74 Å². The van der Waals surface area contributed by atoms with Crippen LogP contribution in [0.25, 0.3) is 0 Å². The molecule has 0 unspecified atom stereocenters. The number of hydrogen-bond donors (Lipinski definition) is 0. The molecule has 19 heavy (non-hydrogen) atoms. The summed E-state index contributed by atoms with van der Waals surface area (Å²) >= 11 is 8.87. The van der Waals surface area contributed by atoms with Gasteiger partial charge in [-0.15, -0.1) is 0 Å². The van der Waals surface area contributed by atoms with Gasteiger partial charge in [0.1, 0.15) is 0 Å². The molecule has 0 aliphatic carbocycles. The van der Waals surface area contributed by atoms with Crippen molar-refractivity contribution in [3.05, 3.63) is 55.9 Å². The first-order valence-corrected chi connectivity index (χ1v) is 6.07. The van der Waals surface area contributed by atoms with Gasteiger partial charge in [0.15, 0.2) is 11.6 Å². The van der Waals surface area contributed by atoms with Crippen LogP contribution in [0.3, 0.4) is 0 Å². The first-order valence-electron chi connectivity index (χ1n) is 4.90. The highest BCUT2D eigenvalue weighted by molar-refractivity contribution is 9.10. The summed E-state index contributed by atoms with van der Waals surface area (Å²) in [6.45, 7) is 0. The Morgan fingerprint density at radius 2 is 2.16 bits per heavy atom. The van der Waals surface area contributed by atoms with Crippen LogP contribution in [0, 0.1) is 15.9 Å². The van der Waals surface area contributed by atoms with Gasteiger partial charge in [0.05, 0.1) is 20.5 Å². The number of nitro groups is 1. The summed E-state index contributed by atoms with van der Waals surface area (Å²) in [5.74, 6) is -0.906. The van der Waals surface area contributed by atoms with E-state index >= 15 is 0 Å². The monoisotopic (exact) mass is 346 g/mol. The summed E-state index contributed by atoms with van der Waals surface area (Å²) < 4.78 is 19.3. The Hall–Kier alpha value is -1.73. The SMILES string of the molecule is O=[N+]([O-])c1ccc(Oc2ncc(Cl)cc2Br)c(F)c1. The summed E-state index contributed by atoms with van der Waals surface area (Å²) in [6.07, 6.45) is 1.34. The van der Waals surface area contributed by atoms with Crippen molar-refractivity contribution in [1.82, 2.24) is 4.98 Å². The number of nitro benzene ring substituents is 1. The van der Waals surface area contributed by atoms with Crippen LogP contribution < -0.4 is 4.74 Å². The molecule has 0 saturated heterocycles. The van der Waals surface area contributed by atoms with Gasteiger partial charge in [-0.25, -0.2) is 9.37 Å². The zero-order valence-electron chi connectivity index (χ0n) is 9.14. The van der Waals surface area contributed by atoms with Gasteiger partial charge in [0.2, 0.25) is 5.88 Å². The lowest BCUT2D eigenvalue weighted by molar-refractivity contribution is -0.385. The number of benzene rings is 1. The maximum Gasteiger partial charge on any atom is 0.272 e. The highest BCUT2D eigenvalue weighted by Crippen LogP contribution is 2.31. The minimum absolute atomic E-state index is 0.108. The van der Waals surface area contributed by atoms with Gasteiger partial charge in [0.25, 0.3) is 5.69 Å². The van der Waals surface area contributed by atoms with Gasteiger partial charge >= 0.3 is 0 Å². The molecule has 0 spiro atoms. The van der Waals surface area contributed by atoms with Gasteiger partial charge in [-0.05, 0) is 28.1 Å². The standard InChI is InChI=1S/C11H5BrClFN2O3/c12-8-3-6(13)5-15-11(8)19-10-2-1-7(16(17)18)4-9(10)14/h1-5H. The van der Waals surface area contributed by atoms with Gasteiger partial charge in [-0.3, -0.25) is 10.1 Å². The zero-order valence-corrected chi connectivity index (χ0v) is 11.5. The number of hydrogen-bond acceptors (Lipinski definition) is 4. The third-order valence-electron chi connectivity index (χ3n) is 2.11. The highest BCUT2D eigenvalue weighted by atomic mass is 79.9. The molecule has 0 saturated carbocycles. The second-order valence-corrected chi connectivity index (χ2v) is 4.71. The Morgan fingerprint density at radius 1 is 1.42 bits per heavy atom. The molecule has 1 aromatic heterocycles. The molecule has 0 aliphatic rings. The first-order chi connectivity index (χ1) is 8.97. The molecule has 98 valence electrons. The van der Waals surface area contributed by atoms with E-state index in [1.54, 1.807) is 0 Å². The Kier molecular flexibility index (Phi) is 3.96. The largest absolute Gasteiger partial charge is 0.435 e. The van der Waals surface area contributed by atoms with E-state index in [4.69, 9.17) is 16.3 Å². The molecule has 0 N–H and O–H groups in total. The number of aromatic nitrogens is 1. The second kappa shape index (κ2) is 5.50. The number of pyridine rings is 1. The maximum atomic E-state index is 13.6. The number of rotatable bonds is 3. The molecule has 1 heterocycles. The third-order valence-corrected chi connectivity index (χ3v) is 2.88. The molecular weight excluding hydrogens is 342 g/mol. The number of non-ortho nitro benzene ring substituents is 1. The number of ether oxygens (including phenoxy) is 1. The molecule has 0 aliphatic heterocycles.